The van der Waals surface area contributed by atoms with Crippen LogP contribution in [0.2, 0.25) is 5.02 Å². The van der Waals surface area contributed by atoms with Crippen LogP contribution < -0.4 is 0 Å². The van der Waals surface area contributed by atoms with Crippen molar-refractivity contribution in [3.63, 3.8) is 0 Å². The van der Waals surface area contributed by atoms with E-state index in [1.54, 1.807) is 24.3 Å². The zero-order chi connectivity index (χ0) is 22.3. The summed E-state index contributed by atoms with van der Waals surface area (Å²) in [5, 5.41) is 12.6. The molecule has 5 rings (SSSR count). The van der Waals surface area contributed by atoms with E-state index in [-0.39, 0.29) is 10.6 Å². The monoisotopic (exact) mass is 476 g/mol. The molecule has 0 amide bonds. The van der Waals surface area contributed by atoms with Crippen LogP contribution in [0.3, 0.4) is 0 Å². The first kappa shape index (κ1) is 20.4. The minimum Gasteiger partial charge on any atom is -0.251 e. The zero-order valence-electron chi connectivity index (χ0n) is 16.3. The van der Waals surface area contributed by atoms with Crippen molar-refractivity contribution < 1.29 is 8.42 Å². The summed E-state index contributed by atoms with van der Waals surface area (Å²) in [4.78, 5) is 9.39. The summed E-state index contributed by atoms with van der Waals surface area (Å²) in [6.45, 7) is 0. The maximum absolute atomic E-state index is 13.9. The van der Waals surface area contributed by atoms with Crippen LogP contribution in [0.4, 0.5) is 0 Å². The van der Waals surface area contributed by atoms with Gasteiger partial charge in [-0.2, -0.15) is 5.26 Å². The first-order valence-corrected chi connectivity index (χ1v) is 12.1. The average Bonchev–Trinajstić information content (AvgIpc) is 3.45. The average molecular weight is 477 g/mol. The lowest BCUT2D eigenvalue weighted by molar-refractivity contribution is 0.589. The number of thiophene rings is 1. The number of benzene rings is 2. The number of nitrogens with zero attached hydrogens (tertiary/aromatic N) is 4. The molecular weight excluding hydrogens is 464 g/mol. The van der Waals surface area contributed by atoms with Crippen molar-refractivity contribution in [1.29, 1.82) is 5.26 Å². The van der Waals surface area contributed by atoms with Gasteiger partial charge in [0.15, 0.2) is 5.69 Å². The molecule has 0 radical (unpaired) electrons. The predicted octanol–water partition coefficient (Wildman–Crippen LogP) is 5.59. The van der Waals surface area contributed by atoms with Crippen molar-refractivity contribution in [3.05, 3.63) is 89.2 Å². The number of hydrogen-bond donors (Lipinski definition) is 0. The van der Waals surface area contributed by atoms with Crippen LogP contribution in [-0.4, -0.2) is 22.4 Å². The molecule has 3 aromatic heterocycles. The fourth-order valence-corrected chi connectivity index (χ4v) is 6.14. The number of nitriles is 1. The van der Waals surface area contributed by atoms with Crippen LogP contribution in [-0.2, 0) is 10.0 Å². The first-order chi connectivity index (χ1) is 15.5. The molecule has 3 heterocycles. The van der Waals surface area contributed by atoms with Crippen molar-refractivity contribution in [3.8, 4) is 27.9 Å². The molecule has 2 aromatic carbocycles. The SMILES string of the molecule is N#Cc1nccnc1-c1c(-c2cccs2)n(S(=O)(=O)c2ccc(Cl)cc2)c2ccccc12. The van der Waals surface area contributed by atoms with Gasteiger partial charge in [0.1, 0.15) is 11.8 Å². The molecule has 32 heavy (non-hydrogen) atoms. The summed E-state index contributed by atoms with van der Waals surface area (Å²) in [6.07, 6.45) is 2.94. The van der Waals surface area contributed by atoms with Gasteiger partial charge in [0.2, 0.25) is 0 Å². The van der Waals surface area contributed by atoms with Crippen molar-refractivity contribution in [2.45, 2.75) is 4.90 Å². The maximum Gasteiger partial charge on any atom is 0.268 e. The van der Waals surface area contributed by atoms with Crippen molar-refractivity contribution in [2.75, 3.05) is 0 Å². The fourth-order valence-electron chi connectivity index (χ4n) is 3.65. The second-order valence-electron chi connectivity index (χ2n) is 6.81. The molecule has 0 atom stereocenters. The Balaban J connectivity index is 1.97. The maximum atomic E-state index is 13.9. The van der Waals surface area contributed by atoms with Gasteiger partial charge in [-0.3, -0.25) is 4.98 Å². The van der Waals surface area contributed by atoms with Gasteiger partial charge in [-0.25, -0.2) is 17.4 Å². The second kappa shape index (κ2) is 7.88. The number of aromatic nitrogens is 3. The highest BCUT2D eigenvalue weighted by molar-refractivity contribution is 7.90. The quantitative estimate of drug-likeness (QED) is 0.337. The summed E-state index contributed by atoms with van der Waals surface area (Å²) in [7, 11) is -4.01. The highest BCUT2D eigenvalue weighted by Crippen LogP contribution is 2.44. The van der Waals surface area contributed by atoms with Crippen LogP contribution in [0.15, 0.2) is 83.3 Å². The molecule has 0 unspecified atom stereocenters. The van der Waals surface area contributed by atoms with Gasteiger partial charge in [-0.1, -0.05) is 35.9 Å². The van der Waals surface area contributed by atoms with Gasteiger partial charge in [0, 0.05) is 28.4 Å². The van der Waals surface area contributed by atoms with Gasteiger partial charge < -0.3 is 0 Å². The fraction of sp³-hybridized carbons (Fsp3) is 0. The molecule has 0 saturated carbocycles. The Bertz CT molecular complexity index is 1600. The van der Waals surface area contributed by atoms with Crippen LogP contribution in [0.25, 0.3) is 32.7 Å². The van der Waals surface area contributed by atoms with Gasteiger partial charge in [-0.15, -0.1) is 11.3 Å². The smallest absolute Gasteiger partial charge is 0.251 e. The summed E-state index contributed by atoms with van der Waals surface area (Å²) in [6, 6.07) is 19.0. The summed E-state index contributed by atoms with van der Waals surface area (Å²) < 4.78 is 29.1. The Hall–Kier alpha value is -3.51. The van der Waals surface area contributed by atoms with E-state index >= 15 is 0 Å². The second-order valence-corrected chi connectivity index (χ2v) is 9.98. The third kappa shape index (κ3) is 3.19. The Kier molecular flexibility index (Phi) is 5.02. The Morgan fingerprint density at radius 3 is 2.44 bits per heavy atom. The molecule has 0 aliphatic rings. The highest BCUT2D eigenvalue weighted by Gasteiger charge is 2.30. The minimum absolute atomic E-state index is 0.103. The number of hydrogen-bond acceptors (Lipinski definition) is 6. The first-order valence-electron chi connectivity index (χ1n) is 9.42. The summed E-state index contributed by atoms with van der Waals surface area (Å²) in [5.74, 6) is 0. The van der Waals surface area contributed by atoms with Crippen LogP contribution in [0.1, 0.15) is 5.69 Å². The van der Waals surface area contributed by atoms with Gasteiger partial charge in [0.25, 0.3) is 10.0 Å². The molecule has 6 nitrogen and oxygen atoms in total. The lowest BCUT2D eigenvalue weighted by Gasteiger charge is -2.12. The van der Waals surface area contributed by atoms with E-state index in [4.69, 9.17) is 11.6 Å². The lowest BCUT2D eigenvalue weighted by atomic mass is 10.0. The Labute approximate surface area is 193 Å². The van der Waals surface area contributed by atoms with Crippen LogP contribution in [0, 0.1) is 11.3 Å². The molecule has 0 bridgehead atoms. The standard InChI is InChI=1S/C23H13ClN4O2S2/c24-15-7-9-16(10-8-15)32(29,30)28-19-5-2-1-4-17(19)21(23(28)20-6-3-13-31-20)22-18(14-25)26-11-12-27-22/h1-13H. The molecule has 0 aliphatic heterocycles. The minimum atomic E-state index is -4.01. The highest BCUT2D eigenvalue weighted by atomic mass is 35.5. The molecule has 0 N–H and O–H groups in total. The van der Waals surface area contributed by atoms with E-state index in [1.165, 1.54) is 39.8 Å². The van der Waals surface area contributed by atoms with Crippen molar-refractivity contribution in [1.82, 2.24) is 13.9 Å². The Morgan fingerprint density at radius 1 is 0.969 bits per heavy atom. The molecule has 5 aromatic rings. The molecule has 9 heteroatoms. The van der Waals surface area contributed by atoms with Crippen LogP contribution in [0.5, 0.6) is 0 Å². The van der Waals surface area contributed by atoms with Gasteiger partial charge >= 0.3 is 0 Å². The normalized spacial score (nSPS) is 11.5. The molecular formula is C23H13ClN4O2S2. The largest absolute Gasteiger partial charge is 0.268 e. The Morgan fingerprint density at radius 2 is 1.72 bits per heavy atom. The zero-order valence-corrected chi connectivity index (χ0v) is 18.7. The number of fused-ring (bicyclic) bond motifs is 1. The summed E-state index contributed by atoms with van der Waals surface area (Å²) in [5.41, 5.74) is 1.92. The number of para-hydroxylation sites is 1. The van der Waals surface area contributed by atoms with Crippen LogP contribution >= 0.6 is 22.9 Å². The predicted molar refractivity (Wildman–Crippen MR) is 125 cm³/mol. The topological polar surface area (TPSA) is 88.6 Å². The van der Waals surface area contributed by atoms with E-state index < -0.39 is 10.0 Å². The van der Waals surface area contributed by atoms with Crippen molar-refractivity contribution >= 4 is 43.9 Å². The molecule has 0 aliphatic carbocycles. The number of halogens is 1. The van der Waals surface area contributed by atoms with E-state index in [0.29, 0.717) is 32.9 Å². The molecule has 0 fully saturated rings. The van der Waals surface area contributed by atoms with E-state index in [1.807, 2.05) is 29.6 Å². The van der Waals surface area contributed by atoms with Gasteiger partial charge in [-0.05, 0) is 41.8 Å². The van der Waals surface area contributed by atoms with Crippen molar-refractivity contribution in [2.24, 2.45) is 0 Å². The van der Waals surface area contributed by atoms with E-state index in [2.05, 4.69) is 16.0 Å². The molecule has 0 saturated heterocycles. The molecule has 156 valence electrons. The van der Waals surface area contributed by atoms with E-state index in [9.17, 15) is 13.7 Å². The third-order valence-corrected chi connectivity index (χ3v) is 7.84. The third-order valence-electron chi connectivity index (χ3n) is 4.98. The molecule has 0 spiro atoms. The van der Waals surface area contributed by atoms with Gasteiger partial charge in [0.05, 0.1) is 21.0 Å². The lowest BCUT2D eigenvalue weighted by Crippen LogP contribution is -2.14. The number of rotatable bonds is 4. The summed E-state index contributed by atoms with van der Waals surface area (Å²) >= 11 is 7.39. The van der Waals surface area contributed by atoms with E-state index in [0.717, 1.165) is 4.88 Å².